The topological polar surface area (TPSA) is 20.3 Å². The van der Waals surface area contributed by atoms with Gasteiger partial charge in [-0.05, 0) is 52.7 Å². The van der Waals surface area contributed by atoms with Crippen molar-refractivity contribution in [2.24, 2.45) is 0 Å². The van der Waals surface area contributed by atoms with Gasteiger partial charge in [-0.1, -0.05) is 0 Å². The van der Waals surface area contributed by atoms with Crippen molar-refractivity contribution in [2.45, 2.75) is 13.5 Å². The van der Waals surface area contributed by atoms with Crippen LogP contribution in [0.4, 0.5) is 5.69 Å². The van der Waals surface area contributed by atoms with Crippen molar-refractivity contribution < 1.29 is 4.79 Å². The molecule has 0 unspecified atom stereocenters. The second kappa shape index (κ2) is 5.67. The monoisotopic (exact) mass is 323 g/mol. The third kappa shape index (κ3) is 3.00. The molecule has 4 heteroatoms. The number of carbonyl (C=O) groups excluding carboxylic acids is 1. The molecule has 0 fully saturated rings. The molecule has 0 saturated heterocycles. The molecule has 0 atom stereocenters. The summed E-state index contributed by atoms with van der Waals surface area (Å²) >= 11 is 5.21. The molecule has 0 aliphatic carbocycles. The van der Waals surface area contributed by atoms with Gasteiger partial charge in [-0.3, -0.25) is 4.79 Å². The van der Waals surface area contributed by atoms with Gasteiger partial charge in [-0.25, -0.2) is 0 Å². The van der Waals surface area contributed by atoms with E-state index in [-0.39, 0.29) is 0 Å². The molecule has 2 nitrogen and oxygen atoms in total. The summed E-state index contributed by atoms with van der Waals surface area (Å²) in [6.07, 6.45) is 0.882. The molecule has 1 aromatic heterocycles. The zero-order valence-electron chi connectivity index (χ0n) is 10.3. The number of carbonyl (C=O) groups is 1. The van der Waals surface area contributed by atoms with Gasteiger partial charge in [0.1, 0.15) is 6.29 Å². The third-order valence-corrected chi connectivity index (χ3v) is 4.47. The molecule has 0 spiro atoms. The third-order valence-electron chi connectivity index (χ3n) is 2.78. The highest BCUT2D eigenvalue weighted by Crippen LogP contribution is 2.25. The minimum Gasteiger partial charge on any atom is -0.369 e. The van der Waals surface area contributed by atoms with Crippen molar-refractivity contribution in [2.75, 3.05) is 11.9 Å². The Morgan fingerprint density at radius 1 is 1.39 bits per heavy atom. The molecule has 1 heterocycles. The van der Waals surface area contributed by atoms with Gasteiger partial charge in [-0.2, -0.15) is 0 Å². The molecule has 0 aliphatic heterocycles. The van der Waals surface area contributed by atoms with Gasteiger partial charge >= 0.3 is 0 Å². The van der Waals surface area contributed by atoms with Crippen LogP contribution in [0.1, 0.15) is 20.8 Å². The van der Waals surface area contributed by atoms with Crippen LogP contribution in [0.2, 0.25) is 0 Å². The van der Waals surface area contributed by atoms with E-state index in [2.05, 4.69) is 39.3 Å². The Morgan fingerprint density at radius 2 is 2.17 bits per heavy atom. The van der Waals surface area contributed by atoms with E-state index in [9.17, 15) is 4.79 Å². The van der Waals surface area contributed by atoms with Gasteiger partial charge in [0.05, 0.1) is 6.54 Å². The number of halogens is 1. The average molecular weight is 324 g/mol. The second-order valence-corrected chi connectivity index (χ2v) is 6.16. The number of hydrogen-bond donors (Lipinski definition) is 0. The van der Waals surface area contributed by atoms with Crippen molar-refractivity contribution in [3.05, 3.63) is 50.1 Å². The van der Waals surface area contributed by atoms with E-state index in [4.69, 9.17) is 0 Å². The van der Waals surface area contributed by atoms with Crippen LogP contribution in [0.25, 0.3) is 0 Å². The Kier molecular flexibility index (Phi) is 4.19. The smallest absolute Gasteiger partial charge is 0.150 e. The van der Waals surface area contributed by atoms with E-state index < -0.39 is 0 Å². The molecule has 2 rings (SSSR count). The van der Waals surface area contributed by atoms with Gasteiger partial charge in [-0.15, -0.1) is 11.3 Å². The number of aldehydes is 1. The van der Waals surface area contributed by atoms with Crippen LogP contribution in [0.3, 0.4) is 0 Å². The van der Waals surface area contributed by atoms with Crippen LogP contribution in [0, 0.1) is 6.92 Å². The number of hydrogen-bond acceptors (Lipinski definition) is 3. The Hall–Kier alpha value is -1.13. The quantitative estimate of drug-likeness (QED) is 0.783. The number of anilines is 1. The molecule has 1 aromatic carbocycles. The standard InChI is InChI=1S/C14H14BrNOS/c1-10-5-11(8-17)3-4-14(10)16(2)7-13-6-12(15)9-18-13/h3-6,8-9H,7H2,1-2H3. The minimum atomic E-state index is 0.725. The maximum atomic E-state index is 10.7. The van der Waals surface area contributed by atoms with E-state index in [1.54, 1.807) is 11.3 Å². The molecular formula is C14H14BrNOS. The van der Waals surface area contributed by atoms with Crippen molar-refractivity contribution >= 4 is 39.2 Å². The SMILES string of the molecule is Cc1cc(C=O)ccc1N(C)Cc1cc(Br)cs1. The predicted molar refractivity (Wildman–Crippen MR) is 80.7 cm³/mol. The maximum Gasteiger partial charge on any atom is 0.150 e. The molecule has 0 saturated carbocycles. The highest BCUT2D eigenvalue weighted by Gasteiger charge is 2.07. The lowest BCUT2D eigenvalue weighted by atomic mass is 10.1. The zero-order valence-corrected chi connectivity index (χ0v) is 12.7. The fraction of sp³-hybridized carbons (Fsp3) is 0.214. The van der Waals surface area contributed by atoms with Crippen LogP contribution >= 0.6 is 27.3 Å². The second-order valence-electron chi connectivity index (χ2n) is 4.25. The first-order chi connectivity index (χ1) is 8.60. The normalized spacial score (nSPS) is 10.4. The number of nitrogens with zero attached hydrogens (tertiary/aromatic N) is 1. The largest absolute Gasteiger partial charge is 0.369 e. The first-order valence-corrected chi connectivity index (χ1v) is 7.27. The summed E-state index contributed by atoms with van der Waals surface area (Å²) in [5, 5.41) is 2.09. The Bertz CT molecular complexity index is 565. The molecule has 18 heavy (non-hydrogen) atoms. The fourth-order valence-corrected chi connectivity index (χ4v) is 3.44. The van der Waals surface area contributed by atoms with E-state index in [0.29, 0.717) is 0 Å². The van der Waals surface area contributed by atoms with Crippen LogP contribution < -0.4 is 4.90 Å². The summed E-state index contributed by atoms with van der Waals surface area (Å²) in [6.45, 7) is 2.90. The molecule has 0 radical (unpaired) electrons. The summed E-state index contributed by atoms with van der Waals surface area (Å²) in [4.78, 5) is 14.2. The van der Waals surface area contributed by atoms with Crippen LogP contribution in [-0.2, 0) is 6.54 Å². The molecule has 0 bridgehead atoms. The number of aryl methyl sites for hydroxylation is 1. The molecule has 0 N–H and O–H groups in total. The lowest BCUT2D eigenvalue weighted by Crippen LogP contribution is -2.16. The number of thiophene rings is 1. The van der Waals surface area contributed by atoms with Gasteiger partial charge in [0.2, 0.25) is 0 Å². The summed E-state index contributed by atoms with van der Waals surface area (Å²) in [5.41, 5.74) is 3.01. The highest BCUT2D eigenvalue weighted by molar-refractivity contribution is 9.10. The zero-order chi connectivity index (χ0) is 13.1. The minimum absolute atomic E-state index is 0.725. The van der Waals surface area contributed by atoms with Crippen LogP contribution in [0.15, 0.2) is 34.1 Å². The summed E-state index contributed by atoms with van der Waals surface area (Å²) in [6, 6.07) is 7.91. The van der Waals surface area contributed by atoms with Gasteiger partial charge in [0.25, 0.3) is 0 Å². The fourth-order valence-electron chi connectivity index (χ4n) is 1.94. The van der Waals surface area contributed by atoms with E-state index in [1.807, 2.05) is 25.1 Å². The highest BCUT2D eigenvalue weighted by atomic mass is 79.9. The molecule has 94 valence electrons. The van der Waals surface area contributed by atoms with Crippen molar-refractivity contribution in [3.8, 4) is 0 Å². The first-order valence-electron chi connectivity index (χ1n) is 5.60. The predicted octanol–water partition coefficient (Wildman–Crippen LogP) is 4.27. The van der Waals surface area contributed by atoms with E-state index in [1.165, 1.54) is 4.88 Å². The lowest BCUT2D eigenvalue weighted by Gasteiger charge is -2.20. The van der Waals surface area contributed by atoms with Crippen molar-refractivity contribution in [3.63, 3.8) is 0 Å². The van der Waals surface area contributed by atoms with Crippen molar-refractivity contribution in [1.82, 2.24) is 0 Å². The van der Waals surface area contributed by atoms with Crippen LogP contribution in [0.5, 0.6) is 0 Å². The molecule has 0 amide bonds. The molecule has 2 aromatic rings. The molecule has 0 aliphatic rings. The lowest BCUT2D eigenvalue weighted by molar-refractivity contribution is 0.112. The number of rotatable bonds is 4. The number of benzene rings is 1. The Labute approximate surface area is 119 Å². The summed E-state index contributed by atoms with van der Waals surface area (Å²) in [5.74, 6) is 0. The van der Waals surface area contributed by atoms with Gasteiger partial charge < -0.3 is 4.90 Å². The van der Waals surface area contributed by atoms with E-state index in [0.717, 1.165) is 34.1 Å². The van der Waals surface area contributed by atoms with Gasteiger partial charge in [0.15, 0.2) is 0 Å². The summed E-state index contributed by atoms with van der Waals surface area (Å²) < 4.78 is 1.13. The average Bonchev–Trinajstić information content (AvgIpc) is 2.74. The van der Waals surface area contributed by atoms with Crippen LogP contribution in [-0.4, -0.2) is 13.3 Å². The Balaban J connectivity index is 2.18. The molecular weight excluding hydrogens is 310 g/mol. The Morgan fingerprint density at radius 3 is 2.72 bits per heavy atom. The maximum absolute atomic E-state index is 10.7. The first kappa shape index (κ1) is 13.3. The van der Waals surface area contributed by atoms with Crippen molar-refractivity contribution in [1.29, 1.82) is 0 Å². The van der Waals surface area contributed by atoms with E-state index >= 15 is 0 Å². The van der Waals surface area contributed by atoms with Gasteiger partial charge in [0, 0.05) is 33.0 Å². The summed E-state index contributed by atoms with van der Waals surface area (Å²) in [7, 11) is 2.07.